The summed E-state index contributed by atoms with van der Waals surface area (Å²) in [4.78, 5) is 64.5. The molecule has 200 valence electrons. The summed E-state index contributed by atoms with van der Waals surface area (Å²) in [5.41, 5.74) is 2.06. The number of carbonyl (C=O) groups is 5. The fraction of sp³-hybridized carbons (Fsp3) is 0.345. The first kappa shape index (κ1) is 25.8. The number of imide groups is 2. The Kier molecular flexibility index (Phi) is 5.62. The van der Waals surface area contributed by atoms with Gasteiger partial charge in [0.1, 0.15) is 5.75 Å². The van der Waals surface area contributed by atoms with Crippen LogP contribution in [0.25, 0.3) is 0 Å². The van der Waals surface area contributed by atoms with Gasteiger partial charge in [-0.15, -0.1) is 23.2 Å². The van der Waals surface area contributed by atoms with Gasteiger partial charge < -0.3 is 5.11 Å². The molecule has 1 saturated carbocycles. The van der Waals surface area contributed by atoms with E-state index in [1.165, 1.54) is 26.1 Å². The molecular weight excluding hydrogens is 543 g/mol. The van der Waals surface area contributed by atoms with E-state index in [-0.39, 0.29) is 30.3 Å². The number of allylic oxidation sites excluding steroid dienone is 2. The van der Waals surface area contributed by atoms with E-state index in [2.05, 4.69) is 0 Å². The number of halogens is 2. The molecule has 1 N–H and O–H groups in total. The molecule has 0 bridgehead atoms. The maximum Gasteiger partial charge on any atom is 0.253 e. The third kappa shape index (κ3) is 3.28. The number of phenolic OH excluding ortho intramolecular Hbond substituents is 1. The normalized spacial score (nSPS) is 33.6. The van der Waals surface area contributed by atoms with Crippen molar-refractivity contribution in [2.45, 2.75) is 35.4 Å². The van der Waals surface area contributed by atoms with E-state index in [9.17, 15) is 29.1 Å². The van der Waals surface area contributed by atoms with Crippen LogP contribution in [-0.4, -0.2) is 56.2 Å². The second-order valence-corrected chi connectivity index (χ2v) is 11.9. The van der Waals surface area contributed by atoms with Crippen LogP contribution in [0.15, 0.2) is 60.2 Å². The van der Waals surface area contributed by atoms with Crippen molar-refractivity contribution in [1.29, 1.82) is 0 Å². The summed E-state index contributed by atoms with van der Waals surface area (Å²) in [6, 6.07) is 12.4. The van der Waals surface area contributed by atoms with E-state index in [1.54, 1.807) is 36.4 Å². The molecule has 2 aliphatic heterocycles. The van der Waals surface area contributed by atoms with Crippen molar-refractivity contribution in [3.05, 3.63) is 71.3 Å². The number of fused-ring (bicyclic) bond motifs is 4. The van der Waals surface area contributed by atoms with Gasteiger partial charge in [-0.1, -0.05) is 23.8 Å². The third-order valence-electron chi connectivity index (χ3n) is 8.77. The van der Waals surface area contributed by atoms with Crippen molar-refractivity contribution in [2.75, 3.05) is 11.9 Å². The second-order valence-electron chi connectivity index (χ2n) is 10.7. The average molecular weight is 567 g/mol. The Morgan fingerprint density at radius 3 is 2.18 bits per heavy atom. The van der Waals surface area contributed by atoms with E-state index in [0.717, 1.165) is 9.80 Å². The molecule has 0 spiro atoms. The highest BCUT2D eigenvalue weighted by Crippen LogP contribution is 2.65. The molecule has 2 aromatic carbocycles. The van der Waals surface area contributed by atoms with Crippen LogP contribution in [0.5, 0.6) is 5.75 Å². The average Bonchev–Trinajstić information content (AvgIpc) is 3.24. The standard InChI is InChI=1S/C29H24Cl2N2O6/c1-14(34)15-3-7-17(8-4-15)33-24(36)20-12-11-19-21(22(20)25(33)37)13-28(30)26(38)32(2)27(39)29(28,31)23(19)16-5-9-18(35)10-6-16/h3-11,20-23,35H,12-13H2,1-2H3. The topological polar surface area (TPSA) is 112 Å². The number of aromatic hydroxyl groups is 1. The first-order chi connectivity index (χ1) is 18.4. The molecular formula is C29H24Cl2N2O6. The van der Waals surface area contributed by atoms with Crippen LogP contribution < -0.4 is 4.90 Å². The van der Waals surface area contributed by atoms with Gasteiger partial charge in [-0.3, -0.25) is 33.8 Å². The van der Waals surface area contributed by atoms with Gasteiger partial charge in [0.25, 0.3) is 11.8 Å². The minimum absolute atomic E-state index is 0.0125. The zero-order chi connectivity index (χ0) is 28.0. The molecule has 2 heterocycles. The lowest BCUT2D eigenvalue weighted by molar-refractivity contribution is -0.138. The molecule has 2 aromatic rings. The van der Waals surface area contributed by atoms with Gasteiger partial charge in [0.2, 0.25) is 11.8 Å². The van der Waals surface area contributed by atoms with Gasteiger partial charge in [-0.2, -0.15) is 0 Å². The predicted molar refractivity (Wildman–Crippen MR) is 143 cm³/mol. The van der Waals surface area contributed by atoms with Crippen molar-refractivity contribution in [3.8, 4) is 5.75 Å². The van der Waals surface area contributed by atoms with E-state index < -0.39 is 51.1 Å². The lowest BCUT2D eigenvalue weighted by Crippen LogP contribution is -2.60. The van der Waals surface area contributed by atoms with Gasteiger partial charge in [0.15, 0.2) is 15.5 Å². The number of hydrogen-bond donors (Lipinski definition) is 1. The van der Waals surface area contributed by atoms with Crippen molar-refractivity contribution in [1.82, 2.24) is 4.90 Å². The SMILES string of the molecule is CC(=O)c1ccc(N2C(=O)C3CC=C4C(CC5(Cl)C(=O)N(C)C(=O)C5(Cl)C4c4ccc(O)cc4)C3C2=O)cc1. The Morgan fingerprint density at radius 1 is 0.923 bits per heavy atom. The largest absolute Gasteiger partial charge is 0.508 e. The zero-order valence-electron chi connectivity index (χ0n) is 21.1. The Balaban J connectivity index is 1.47. The highest BCUT2D eigenvalue weighted by Gasteiger charge is 2.75. The van der Waals surface area contributed by atoms with Crippen LogP contribution in [-0.2, 0) is 19.2 Å². The van der Waals surface area contributed by atoms with Crippen LogP contribution in [0.4, 0.5) is 5.69 Å². The summed E-state index contributed by atoms with van der Waals surface area (Å²) >= 11 is 14.2. The number of hydrogen-bond acceptors (Lipinski definition) is 6. The van der Waals surface area contributed by atoms with Gasteiger partial charge in [-0.25, -0.2) is 0 Å². The van der Waals surface area contributed by atoms with Crippen molar-refractivity contribution < 1.29 is 29.1 Å². The number of carbonyl (C=O) groups excluding carboxylic acids is 5. The molecule has 0 aromatic heterocycles. The van der Waals surface area contributed by atoms with E-state index in [1.807, 2.05) is 6.08 Å². The summed E-state index contributed by atoms with van der Waals surface area (Å²) in [5.74, 6) is -5.18. The molecule has 6 rings (SSSR count). The van der Waals surface area contributed by atoms with E-state index in [0.29, 0.717) is 22.4 Å². The number of benzene rings is 2. The number of phenols is 1. The smallest absolute Gasteiger partial charge is 0.253 e. The maximum absolute atomic E-state index is 13.9. The molecule has 3 fully saturated rings. The number of likely N-dealkylation sites (tertiary alicyclic amines) is 1. The minimum Gasteiger partial charge on any atom is -0.508 e. The summed E-state index contributed by atoms with van der Waals surface area (Å²) in [6.45, 7) is 1.43. The molecule has 10 heteroatoms. The lowest BCUT2D eigenvalue weighted by Gasteiger charge is -2.50. The van der Waals surface area contributed by atoms with Crippen molar-refractivity contribution in [3.63, 3.8) is 0 Å². The Bertz CT molecular complexity index is 1500. The molecule has 39 heavy (non-hydrogen) atoms. The Morgan fingerprint density at radius 2 is 1.56 bits per heavy atom. The van der Waals surface area contributed by atoms with Crippen LogP contribution in [0.3, 0.4) is 0 Å². The molecule has 6 atom stereocenters. The molecule has 2 saturated heterocycles. The van der Waals surface area contributed by atoms with Crippen molar-refractivity contribution in [2.24, 2.45) is 17.8 Å². The van der Waals surface area contributed by atoms with Crippen molar-refractivity contribution >= 4 is 58.3 Å². The van der Waals surface area contributed by atoms with E-state index in [4.69, 9.17) is 23.2 Å². The summed E-state index contributed by atoms with van der Waals surface area (Å²) in [5, 5.41) is 9.89. The number of ketones is 1. The molecule has 6 unspecified atom stereocenters. The van der Waals surface area contributed by atoms with Gasteiger partial charge in [0, 0.05) is 18.5 Å². The van der Waals surface area contributed by atoms with Gasteiger partial charge in [0.05, 0.1) is 17.5 Å². The quantitative estimate of drug-likeness (QED) is 0.262. The van der Waals surface area contributed by atoms with E-state index >= 15 is 0 Å². The molecule has 4 amide bonds. The lowest BCUT2D eigenvalue weighted by atomic mass is 9.56. The number of nitrogens with zero attached hydrogens (tertiary/aromatic N) is 2. The van der Waals surface area contributed by atoms with Crippen LogP contribution >= 0.6 is 23.2 Å². The third-order valence-corrected chi connectivity index (χ3v) is 10.2. The fourth-order valence-electron chi connectivity index (χ4n) is 6.88. The van der Waals surface area contributed by atoms with Crippen LogP contribution in [0.1, 0.15) is 41.6 Å². The Labute approximate surface area is 234 Å². The predicted octanol–water partition coefficient (Wildman–Crippen LogP) is 3.79. The number of rotatable bonds is 3. The Hall–Kier alpha value is -3.49. The molecule has 8 nitrogen and oxygen atoms in total. The highest BCUT2D eigenvalue weighted by molar-refractivity contribution is 6.53. The van der Waals surface area contributed by atoms with Gasteiger partial charge in [-0.05, 0) is 67.6 Å². The number of amides is 4. The first-order valence-electron chi connectivity index (χ1n) is 12.6. The fourth-order valence-corrected chi connectivity index (χ4v) is 7.90. The zero-order valence-corrected chi connectivity index (χ0v) is 22.6. The maximum atomic E-state index is 13.9. The second kappa shape index (κ2) is 8.50. The molecule has 2 aliphatic carbocycles. The summed E-state index contributed by atoms with van der Waals surface area (Å²) < 4.78 is 0. The van der Waals surface area contributed by atoms with Gasteiger partial charge >= 0.3 is 0 Å². The van der Waals surface area contributed by atoms with Crippen LogP contribution in [0.2, 0.25) is 0 Å². The summed E-state index contributed by atoms with van der Waals surface area (Å²) in [6.07, 6.45) is 2.01. The number of Topliss-reactive ketones (excluding diaryl/α,β-unsaturated/α-hetero) is 1. The minimum atomic E-state index is -1.86. The monoisotopic (exact) mass is 566 g/mol. The number of anilines is 1. The first-order valence-corrected chi connectivity index (χ1v) is 13.4. The molecule has 4 aliphatic rings. The number of alkyl halides is 2. The van der Waals surface area contributed by atoms with Crippen LogP contribution in [0, 0.1) is 17.8 Å². The molecule has 0 radical (unpaired) electrons. The highest BCUT2D eigenvalue weighted by atomic mass is 35.5. The summed E-state index contributed by atoms with van der Waals surface area (Å²) in [7, 11) is 1.34.